The van der Waals surface area contributed by atoms with Crippen molar-refractivity contribution in [2.75, 3.05) is 38.6 Å². The van der Waals surface area contributed by atoms with Gasteiger partial charge in [-0.1, -0.05) is 6.07 Å². The number of methoxy groups -OCH3 is 3. The van der Waals surface area contributed by atoms with E-state index >= 15 is 0 Å². The van der Waals surface area contributed by atoms with E-state index in [1.54, 1.807) is 25.1 Å². The van der Waals surface area contributed by atoms with Crippen molar-refractivity contribution in [1.29, 1.82) is 0 Å². The minimum absolute atomic E-state index is 0.0213. The van der Waals surface area contributed by atoms with E-state index in [0.29, 0.717) is 11.3 Å². The smallest absolute Gasteiger partial charge is 0.340 e. The molecule has 0 aliphatic rings. The highest BCUT2D eigenvalue weighted by Gasteiger charge is 2.22. The van der Waals surface area contributed by atoms with Gasteiger partial charge < -0.3 is 34.0 Å². The monoisotopic (exact) mass is 496 g/mol. The van der Waals surface area contributed by atoms with Gasteiger partial charge in [0.2, 0.25) is 0 Å². The number of nitrogens with one attached hydrogen (secondary N) is 2. The third-order valence-corrected chi connectivity index (χ3v) is 5.00. The highest BCUT2D eigenvalue weighted by molar-refractivity contribution is 6.07. The van der Waals surface area contributed by atoms with Crippen LogP contribution in [0.5, 0.6) is 11.5 Å². The largest absolute Gasteiger partial charge is 0.493 e. The maximum absolute atomic E-state index is 12.9. The first-order chi connectivity index (χ1) is 17.3. The maximum atomic E-state index is 12.9. The quantitative estimate of drug-likeness (QED) is 0.426. The van der Waals surface area contributed by atoms with Gasteiger partial charge in [0.25, 0.3) is 11.8 Å². The predicted molar refractivity (Wildman–Crippen MR) is 128 cm³/mol. The maximum Gasteiger partial charge on any atom is 0.340 e. The second-order valence-electron chi connectivity index (χ2n) is 7.33. The predicted octanol–water partition coefficient (Wildman–Crippen LogP) is 3.44. The molecule has 0 saturated heterocycles. The molecule has 0 aliphatic carbocycles. The van der Waals surface area contributed by atoms with E-state index in [1.807, 2.05) is 0 Å². The summed E-state index contributed by atoms with van der Waals surface area (Å²) in [4.78, 5) is 49.6. The summed E-state index contributed by atoms with van der Waals surface area (Å²) in [6, 6.07) is 10.4. The van der Waals surface area contributed by atoms with Gasteiger partial charge in [0.15, 0.2) is 23.9 Å². The Morgan fingerprint density at radius 1 is 0.861 bits per heavy atom. The molecule has 1 aromatic heterocycles. The highest BCUT2D eigenvalue weighted by Crippen LogP contribution is 2.34. The lowest BCUT2D eigenvalue weighted by molar-refractivity contribution is -0.119. The Morgan fingerprint density at radius 2 is 1.58 bits per heavy atom. The van der Waals surface area contributed by atoms with Crippen LogP contribution in [0, 0.1) is 6.92 Å². The third kappa shape index (κ3) is 6.00. The van der Waals surface area contributed by atoms with Gasteiger partial charge in [0.05, 0.1) is 44.4 Å². The van der Waals surface area contributed by atoms with Crippen LogP contribution in [0.15, 0.2) is 53.1 Å². The number of carbonyl (C=O) groups is 4. The molecule has 0 spiro atoms. The fraction of sp³-hybridized carbons (Fsp3) is 0.200. The number of furan rings is 1. The fourth-order valence-corrected chi connectivity index (χ4v) is 3.14. The summed E-state index contributed by atoms with van der Waals surface area (Å²) in [5.74, 6) is -2.24. The average Bonchev–Trinajstić information content (AvgIpc) is 3.43. The van der Waals surface area contributed by atoms with Gasteiger partial charge in [0.1, 0.15) is 0 Å². The first-order valence-corrected chi connectivity index (χ1v) is 10.5. The van der Waals surface area contributed by atoms with Crippen LogP contribution < -0.4 is 20.1 Å². The van der Waals surface area contributed by atoms with Gasteiger partial charge in [0, 0.05) is 17.8 Å². The van der Waals surface area contributed by atoms with Crippen molar-refractivity contribution in [2.45, 2.75) is 6.92 Å². The van der Waals surface area contributed by atoms with Crippen LogP contribution in [-0.2, 0) is 14.3 Å². The van der Waals surface area contributed by atoms with E-state index in [0.717, 1.165) is 0 Å². The summed E-state index contributed by atoms with van der Waals surface area (Å²) >= 11 is 0. The molecule has 2 N–H and O–H groups in total. The summed E-state index contributed by atoms with van der Waals surface area (Å²) in [5.41, 5.74) is 1.27. The second-order valence-corrected chi connectivity index (χ2v) is 7.33. The number of benzene rings is 2. The Bertz CT molecular complexity index is 1280. The van der Waals surface area contributed by atoms with Crippen LogP contribution in [0.2, 0.25) is 0 Å². The zero-order valence-corrected chi connectivity index (χ0v) is 20.0. The standard InChI is InChI=1S/C25H24N2O9/c1-14-7-8-15(24(30)34-4)10-17(14)26-22(28)13-36-25(31)16-11-20(32-2)21(33-3)12-18(16)27-23(29)19-6-5-9-35-19/h5-12H,13H2,1-4H3,(H,26,28)(H,27,29). The molecule has 2 aromatic carbocycles. The Labute approximate surface area is 206 Å². The Balaban J connectivity index is 1.77. The molecule has 2 amide bonds. The van der Waals surface area contributed by atoms with Crippen molar-refractivity contribution in [1.82, 2.24) is 0 Å². The molecule has 11 heteroatoms. The topological polar surface area (TPSA) is 142 Å². The number of carbonyl (C=O) groups excluding carboxylic acids is 4. The molecule has 188 valence electrons. The van der Waals surface area contributed by atoms with Gasteiger partial charge >= 0.3 is 11.9 Å². The van der Waals surface area contributed by atoms with Crippen LogP contribution in [0.25, 0.3) is 0 Å². The van der Waals surface area contributed by atoms with Crippen molar-refractivity contribution in [2.24, 2.45) is 0 Å². The zero-order chi connectivity index (χ0) is 26.2. The van der Waals surface area contributed by atoms with E-state index in [2.05, 4.69) is 15.4 Å². The van der Waals surface area contributed by atoms with Crippen molar-refractivity contribution >= 4 is 35.1 Å². The van der Waals surface area contributed by atoms with Gasteiger partial charge in [-0.05, 0) is 36.8 Å². The number of rotatable bonds is 9. The summed E-state index contributed by atoms with van der Waals surface area (Å²) in [6.07, 6.45) is 1.33. The highest BCUT2D eigenvalue weighted by atomic mass is 16.5. The summed E-state index contributed by atoms with van der Waals surface area (Å²) < 4.78 is 25.4. The van der Waals surface area contributed by atoms with Gasteiger partial charge in [-0.25, -0.2) is 9.59 Å². The third-order valence-electron chi connectivity index (χ3n) is 5.00. The van der Waals surface area contributed by atoms with Crippen molar-refractivity contribution in [3.8, 4) is 11.5 Å². The summed E-state index contributed by atoms with van der Waals surface area (Å²) in [6.45, 7) is 1.10. The van der Waals surface area contributed by atoms with Gasteiger partial charge in [-0.15, -0.1) is 0 Å². The Hall–Kier alpha value is -4.80. The molecule has 0 atom stereocenters. The van der Waals surface area contributed by atoms with Crippen molar-refractivity contribution in [3.63, 3.8) is 0 Å². The molecular weight excluding hydrogens is 472 g/mol. The molecule has 1 heterocycles. The van der Waals surface area contributed by atoms with Crippen molar-refractivity contribution in [3.05, 3.63) is 71.2 Å². The van der Waals surface area contributed by atoms with E-state index in [1.165, 1.54) is 51.9 Å². The molecule has 0 unspecified atom stereocenters. The molecule has 3 rings (SSSR count). The average molecular weight is 496 g/mol. The minimum atomic E-state index is -0.902. The molecule has 0 aliphatic heterocycles. The number of hydrogen-bond acceptors (Lipinski definition) is 9. The van der Waals surface area contributed by atoms with E-state index < -0.39 is 30.4 Å². The number of hydrogen-bond donors (Lipinski definition) is 2. The van der Waals surface area contributed by atoms with E-state index in [4.69, 9.17) is 18.6 Å². The second kappa shape index (κ2) is 11.6. The number of amides is 2. The zero-order valence-electron chi connectivity index (χ0n) is 20.0. The van der Waals surface area contributed by atoms with Crippen LogP contribution in [-0.4, -0.2) is 51.7 Å². The summed E-state index contributed by atoms with van der Waals surface area (Å²) in [5, 5.41) is 5.16. The first kappa shape index (κ1) is 25.8. The fourth-order valence-electron chi connectivity index (χ4n) is 3.14. The SMILES string of the molecule is COC(=O)c1ccc(C)c(NC(=O)COC(=O)c2cc(OC)c(OC)cc2NC(=O)c2ccco2)c1. The van der Waals surface area contributed by atoms with Crippen LogP contribution in [0.4, 0.5) is 11.4 Å². The van der Waals surface area contributed by atoms with Crippen molar-refractivity contribution < 1.29 is 42.5 Å². The number of ether oxygens (including phenoxy) is 4. The molecule has 0 radical (unpaired) electrons. The number of esters is 2. The van der Waals surface area contributed by atoms with E-state index in [-0.39, 0.29) is 34.1 Å². The van der Waals surface area contributed by atoms with Crippen LogP contribution in [0.1, 0.15) is 36.8 Å². The first-order valence-electron chi connectivity index (χ1n) is 10.5. The number of aryl methyl sites for hydroxylation is 1. The molecule has 0 fully saturated rings. The van der Waals surface area contributed by atoms with Gasteiger partial charge in [-0.2, -0.15) is 0 Å². The van der Waals surface area contributed by atoms with E-state index in [9.17, 15) is 19.2 Å². The molecule has 11 nitrogen and oxygen atoms in total. The van der Waals surface area contributed by atoms with Gasteiger partial charge in [-0.3, -0.25) is 9.59 Å². The molecule has 0 bridgehead atoms. The molecular formula is C25H24N2O9. The molecule has 0 saturated carbocycles. The lowest BCUT2D eigenvalue weighted by Crippen LogP contribution is -2.22. The Kier molecular flexibility index (Phi) is 8.29. The normalized spacial score (nSPS) is 10.2. The lowest BCUT2D eigenvalue weighted by Gasteiger charge is -2.15. The number of anilines is 2. The van der Waals surface area contributed by atoms with Crippen LogP contribution >= 0.6 is 0 Å². The molecule has 36 heavy (non-hydrogen) atoms. The molecule has 3 aromatic rings. The van der Waals surface area contributed by atoms with Crippen LogP contribution in [0.3, 0.4) is 0 Å². The Morgan fingerprint density at radius 3 is 2.22 bits per heavy atom. The lowest BCUT2D eigenvalue weighted by atomic mass is 10.1. The minimum Gasteiger partial charge on any atom is -0.493 e. The summed E-state index contributed by atoms with van der Waals surface area (Å²) in [7, 11) is 4.03.